The van der Waals surface area contributed by atoms with Crippen LogP contribution < -0.4 is 4.90 Å². The second-order valence-corrected chi connectivity index (χ2v) is 4.24. The summed E-state index contributed by atoms with van der Waals surface area (Å²) in [6.07, 6.45) is 4.61. The number of carboxylic acid groups (broad SMARTS) is 1. The van der Waals surface area contributed by atoms with Gasteiger partial charge >= 0.3 is 5.97 Å². The van der Waals surface area contributed by atoms with Gasteiger partial charge in [0.1, 0.15) is 18.2 Å². The van der Waals surface area contributed by atoms with Gasteiger partial charge in [0, 0.05) is 12.7 Å². The maximum absolute atomic E-state index is 11.0. The average Bonchev–Trinajstić information content (AvgIpc) is 2.67. The molecule has 0 aromatic carbocycles. The zero-order valence-electron chi connectivity index (χ0n) is 7.93. The van der Waals surface area contributed by atoms with Crippen LogP contribution in [0.3, 0.4) is 0 Å². The number of nitrogens with zero attached hydrogens (tertiary/aromatic N) is 3. The van der Waals surface area contributed by atoms with Crippen molar-refractivity contribution in [3.05, 3.63) is 17.0 Å². The highest BCUT2D eigenvalue weighted by molar-refractivity contribution is 9.10. The second kappa shape index (κ2) is 4.14. The molecule has 0 bridgehead atoms. The zero-order valence-corrected chi connectivity index (χ0v) is 9.51. The third-order valence-corrected chi connectivity index (χ3v) is 3.02. The fourth-order valence-corrected chi connectivity index (χ4v) is 2.24. The summed E-state index contributed by atoms with van der Waals surface area (Å²) >= 11 is 3.32. The van der Waals surface area contributed by atoms with Gasteiger partial charge in [-0.15, -0.1) is 0 Å². The average molecular weight is 272 g/mol. The van der Waals surface area contributed by atoms with E-state index in [-0.39, 0.29) is 0 Å². The lowest BCUT2D eigenvalue weighted by Gasteiger charge is -2.22. The SMILES string of the molecule is O=C(O)[C@@H]1CCCN1c1ncncc1Br. The molecule has 0 aliphatic carbocycles. The summed E-state index contributed by atoms with van der Waals surface area (Å²) in [5.74, 6) is -0.132. The van der Waals surface area contributed by atoms with Crippen molar-refractivity contribution in [3.8, 4) is 0 Å². The molecule has 1 N–H and O–H groups in total. The number of carboxylic acids is 1. The van der Waals surface area contributed by atoms with Crippen LogP contribution in [0, 0.1) is 0 Å². The Labute approximate surface area is 95.3 Å². The first-order valence-corrected chi connectivity index (χ1v) is 5.44. The molecule has 1 aliphatic heterocycles. The van der Waals surface area contributed by atoms with Crippen LogP contribution in [0.15, 0.2) is 17.0 Å². The van der Waals surface area contributed by atoms with E-state index in [1.807, 2.05) is 0 Å². The molecule has 6 heteroatoms. The van der Waals surface area contributed by atoms with Crippen molar-refractivity contribution in [2.75, 3.05) is 11.4 Å². The molecule has 1 fully saturated rings. The highest BCUT2D eigenvalue weighted by Gasteiger charge is 2.32. The van der Waals surface area contributed by atoms with E-state index in [0.717, 1.165) is 17.4 Å². The molecule has 1 saturated heterocycles. The van der Waals surface area contributed by atoms with E-state index in [0.29, 0.717) is 12.2 Å². The molecule has 0 amide bonds. The van der Waals surface area contributed by atoms with E-state index in [1.165, 1.54) is 6.33 Å². The second-order valence-electron chi connectivity index (χ2n) is 3.38. The highest BCUT2D eigenvalue weighted by Crippen LogP contribution is 2.29. The Balaban J connectivity index is 2.30. The predicted molar refractivity (Wildman–Crippen MR) is 57.7 cm³/mol. The molecule has 1 atom stereocenters. The molecular formula is C9H10BrN3O2. The van der Waals surface area contributed by atoms with Gasteiger partial charge in [-0.3, -0.25) is 0 Å². The lowest BCUT2D eigenvalue weighted by Crippen LogP contribution is -2.36. The van der Waals surface area contributed by atoms with Crippen LogP contribution in [0.25, 0.3) is 0 Å². The number of aromatic nitrogens is 2. The molecule has 0 spiro atoms. The highest BCUT2D eigenvalue weighted by atomic mass is 79.9. The normalized spacial score (nSPS) is 20.6. The first-order chi connectivity index (χ1) is 7.20. The minimum absolute atomic E-state index is 0.462. The number of hydrogen-bond donors (Lipinski definition) is 1. The van der Waals surface area contributed by atoms with Crippen molar-refractivity contribution < 1.29 is 9.90 Å². The van der Waals surface area contributed by atoms with Gasteiger partial charge in [-0.25, -0.2) is 14.8 Å². The van der Waals surface area contributed by atoms with Crippen LogP contribution >= 0.6 is 15.9 Å². The van der Waals surface area contributed by atoms with Crippen LogP contribution in [-0.4, -0.2) is 33.6 Å². The Bertz CT molecular complexity index is 385. The summed E-state index contributed by atoms with van der Waals surface area (Å²) in [4.78, 5) is 20.7. The molecule has 5 nitrogen and oxygen atoms in total. The Hall–Kier alpha value is -1.17. The topological polar surface area (TPSA) is 66.3 Å². The van der Waals surface area contributed by atoms with E-state index >= 15 is 0 Å². The largest absolute Gasteiger partial charge is 0.480 e. The van der Waals surface area contributed by atoms with Crippen LogP contribution in [0.2, 0.25) is 0 Å². The maximum Gasteiger partial charge on any atom is 0.326 e. The Morgan fingerprint density at radius 2 is 2.47 bits per heavy atom. The lowest BCUT2D eigenvalue weighted by molar-refractivity contribution is -0.138. The number of carbonyl (C=O) groups is 1. The fourth-order valence-electron chi connectivity index (χ4n) is 1.79. The molecule has 0 unspecified atom stereocenters. The van der Waals surface area contributed by atoms with Crippen LogP contribution in [0.4, 0.5) is 5.82 Å². The van der Waals surface area contributed by atoms with Gasteiger partial charge in [0.05, 0.1) is 4.47 Å². The number of rotatable bonds is 2. The number of aliphatic carboxylic acids is 1. The third-order valence-electron chi connectivity index (χ3n) is 2.46. The van der Waals surface area contributed by atoms with Gasteiger partial charge in [0.2, 0.25) is 0 Å². The summed E-state index contributed by atoms with van der Waals surface area (Å²) in [6.45, 7) is 0.729. The van der Waals surface area contributed by atoms with E-state index in [4.69, 9.17) is 5.11 Å². The maximum atomic E-state index is 11.0. The monoisotopic (exact) mass is 271 g/mol. The standard InChI is InChI=1S/C9H10BrN3O2/c10-6-4-11-5-12-8(6)13-3-1-2-7(13)9(14)15/h4-5,7H,1-3H2,(H,14,15)/t7-/m0/s1. The molecule has 80 valence electrons. The summed E-state index contributed by atoms with van der Waals surface area (Å²) in [5.41, 5.74) is 0. The van der Waals surface area contributed by atoms with Gasteiger partial charge in [-0.05, 0) is 28.8 Å². The van der Waals surface area contributed by atoms with Gasteiger partial charge < -0.3 is 10.0 Å². The van der Waals surface area contributed by atoms with Gasteiger partial charge in [0.25, 0.3) is 0 Å². The molecule has 1 aromatic heterocycles. The molecule has 0 saturated carbocycles. The first kappa shape index (κ1) is 10.4. The number of hydrogen-bond acceptors (Lipinski definition) is 4. The molecular weight excluding hydrogens is 262 g/mol. The number of anilines is 1. The summed E-state index contributed by atoms with van der Waals surface area (Å²) in [5, 5.41) is 9.04. The smallest absolute Gasteiger partial charge is 0.326 e. The minimum atomic E-state index is -0.794. The lowest BCUT2D eigenvalue weighted by atomic mass is 10.2. The van der Waals surface area contributed by atoms with Crippen molar-refractivity contribution >= 4 is 27.7 Å². The van der Waals surface area contributed by atoms with Crippen molar-refractivity contribution in [2.24, 2.45) is 0 Å². The molecule has 2 heterocycles. The molecule has 1 aliphatic rings. The van der Waals surface area contributed by atoms with E-state index in [9.17, 15) is 4.79 Å². The van der Waals surface area contributed by atoms with E-state index in [1.54, 1.807) is 11.1 Å². The summed E-state index contributed by atoms with van der Waals surface area (Å²) in [7, 11) is 0. The van der Waals surface area contributed by atoms with Gasteiger partial charge in [-0.2, -0.15) is 0 Å². The molecule has 1 aromatic rings. The summed E-state index contributed by atoms with van der Waals surface area (Å²) in [6, 6.07) is -0.462. The summed E-state index contributed by atoms with van der Waals surface area (Å²) < 4.78 is 0.734. The molecule has 15 heavy (non-hydrogen) atoms. The van der Waals surface area contributed by atoms with Crippen LogP contribution in [0.5, 0.6) is 0 Å². The first-order valence-electron chi connectivity index (χ1n) is 4.65. The van der Waals surface area contributed by atoms with E-state index < -0.39 is 12.0 Å². The minimum Gasteiger partial charge on any atom is -0.480 e. The third kappa shape index (κ3) is 1.94. The zero-order chi connectivity index (χ0) is 10.8. The van der Waals surface area contributed by atoms with Crippen LogP contribution in [-0.2, 0) is 4.79 Å². The van der Waals surface area contributed by atoms with Crippen LogP contribution in [0.1, 0.15) is 12.8 Å². The molecule has 2 rings (SSSR count). The quantitative estimate of drug-likeness (QED) is 0.878. The van der Waals surface area contributed by atoms with E-state index in [2.05, 4.69) is 25.9 Å². The van der Waals surface area contributed by atoms with Crippen molar-refractivity contribution in [3.63, 3.8) is 0 Å². The predicted octanol–water partition coefficient (Wildman–Crippen LogP) is 1.29. The van der Waals surface area contributed by atoms with Crippen molar-refractivity contribution in [1.29, 1.82) is 0 Å². The van der Waals surface area contributed by atoms with Gasteiger partial charge in [-0.1, -0.05) is 0 Å². The van der Waals surface area contributed by atoms with Gasteiger partial charge in [0.15, 0.2) is 0 Å². The van der Waals surface area contributed by atoms with Crippen molar-refractivity contribution in [2.45, 2.75) is 18.9 Å². The van der Waals surface area contributed by atoms with Crippen molar-refractivity contribution in [1.82, 2.24) is 9.97 Å². The Morgan fingerprint density at radius 3 is 3.13 bits per heavy atom. The Morgan fingerprint density at radius 1 is 1.67 bits per heavy atom. The molecule has 0 radical (unpaired) electrons. The fraction of sp³-hybridized carbons (Fsp3) is 0.444. The Kier molecular flexibility index (Phi) is 2.86. The number of halogens is 1.